The molecule has 0 unspecified atom stereocenters. The van der Waals surface area contributed by atoms with Gasteiger partial charge in [-0.15, -0.1) is 0 Å². The average molecular weight is 291 g/mol. The lowest BCUT2D eigenvalue weighted by atomic mass is 9.90. The third kappa shape index (κ3) is 2.06. The fourth-order valence-electron chi connectivity index (χ4n) is 2.87. The van der Waals surface area contributed by atoms with Crippen LogP contribution in [0, 0.1) is 5.82 Å². The van der Waals surface area contributed by atoms with Crippen molar-refractivity contribution in [2.75, 3.05) is 0 Å². The number of hydrogen-bond acceptors (Lipinski definition) is 2. The minimum Gasteiger partial charge on any atom is -0.366 e. The number of amides is 1. The van der Waals surface area contributed by atoms with Crippen LogP contribution in [0.15, 0.2) is 30.6 Å². The van der Waals surface area contributed by atoms with E-state index in [2.05, 4.69) is 4.98 Å². The molecule has 1 atom stereocenters. The summed E-state index contributed by atoms with van der Waals surface area (Å²) in [5.41, 5.74) is 8.05. The quantitative estimate of drug-likeness (QED) is 0.924. The zero-order chi connectivity index (χ0) is 14.3. The highest BCUT2D eigenvalue weighted by molar-refractivity contribution is 6.30. The van der Waals surface area contributed by atoms with Crippen LogP contribution < -0.4 is 5.73 Å². The van der Waals surface area contributed by atoms with Crippen LogP contribution in [0.4, 0.5) is 4.39 Å². The molecule has 0 saturated heterocycles. The molecule has 1 aliphatic rings. The Morgan fingerprint density at radius 3 is 2.95 bits per heavy atom. The number of primary amides is 1. The molecule has 0 radical (unpaired) electrons. The molecule has 1 aromatic heterocycles. The van der Waals surface area contributed by atoms with Gasteiger partial charge < -0.3 is 5.73 Å². The monoisotopic (exact) mass is 290 g/mol. The van der Waals surface area contributed by atoms with Crippen LogP contribution in [0.3, 0.4) is 0 Å². The first kappa shape index (κ1) is 13.1. The van der Waals surface area contributed by atoms with Gasteiger partial charge in [-0.3, -0.25) is 9.78 Å². The number of nitrogens with zero attached hydrogens (tertiary/aromatic N) is 1. The first-order chi connectivity index (χ1) is 9.58. The lowest BCUT2D eigenvalue weighted by Gasteiger charge is -2.15. The van der Waals surface area contributed by atoms with E-state index in [9.17, 15) is 9.18 Å². The van der Waals surface area contributed by atoms with E-state index in [0.717, 1.165) is 17.5 Å². The highest BCUT2D eigenvalue weighted by Gasteiger charge is 2.29. The van der Waals surface area contributed by atoms with Crippen LogP contribution in [-0.2, 0) is 6.42 Å². The molecule has 20 heavy (non-hydrogen) atoms. The van der Waals surface area contributed by atoms with Crippen molar-refractivity contribution in [3.05, 3.63) is 63.7 Å². The van der Waals surface area contributed by atoms with E-state index in [0.29, 0.717) is 22.6 Å². The fourth-order valence-corrected chi connectivity index (χ4v) is 3.09. The highest BCUT2D eigenvalue weighted by Crippen LogP contribution is 2.41. The summed E-state index contributed by atoms with van der Waals surface area (Å²) in [5.74, 6) is -0.882. The van der Waals surface area contributed by atoms with Crippen LogP contribution in [0.1, 0.15) is 39.4 Å². The van der Waals surface area contributed by atoms with Crippen LogP contribution in [-0.4, -0.2) is 10.9 Å². The van der Waals surface area contributed by atoms with Gasteiger partial charge in [-0.05, 0) is 47.7 Å². The summed E-state index contributed by atoms with van der Waals surface area (Å²) < 4.78 is 13.9. The van der Waals surface area contributed by atoms with Gasteiger partial charge in [0.2, 0.25) is 5.91 Å². The zero-order valence-corrected chi connectivity index (χ0v) is 11.3. The maximum atomic E-state index is 13.9. The number of fused-ring (bicyclic) bond motifs is 1. The zero-order valence-electron chi connectivity index (χ0n) is 10.6. The van der Waals surface area contributed by atoms with Crippen LogP contribution >= 0.6 is 11.6 Å². The Morgan fingerprint density at radius 2 is 2.20 bits per heavy atom. The number of hydrogen-bond donors (Lipinski definition) is 1. The third-order valence-electron chi connectivity index (χ3n) is 3.75. The summed E-state index contributed by atoms with van der Waals surface area (Å²) in [4.78, 5) is 15.6. The molecule has 1 amide bonds. The maximum absolute atomic E-state index is 13.9. The summed E-state index contributed by atoms with van der Waals surface area (Å²) in [6.45, 7) is 0. The maximum Gasteiger partial charge on any atom is 0.249 e. The molecular weight excluding hydrogens is 279 g/mol. The molecule has 2 aromatic rings. The predicted molar refractivity (Wildman–Crippen MR) is 74.3 cm³/mol. The van der Waals surface area contributed by atoms with E-state index in [1.54, 1.807) is 18.3 Å². The van der Waals surface area contributed by atoms with Gasteiger partial charge in [0.25, 0.3) is 0 Å². The molecule has 1 aromatic carbocycles. The molecule has 0 spiro atoms. The van der Waals surface area contributed by atoms with Crippen LogP contribution in [0.5, 0.6) is 0 Å². The molecule has 1 heterocycles. The van der Waals surface area contributed by atoms with Gasteiger partial charge in [0.05, 0.1) is 0 Å². The first-order valence-corrected chi connectivity index (χ1v) is 6.67. The average Bonchev–Trinajstić information content (AvgIpc) is 2.82. The van der Waals surface area contributed by atoms with E-state index >= 15 is 0 Å². The Morgan fingerprint density at radius 1 is 1.40 bits per heavy atom. The summed E-state index contributed by atoms with van der Waals surface area (Å²) in [7, 11) is 0. The topological polar surface area (TPSA) is 56.0 Å². The number of nitrogens with two attached hydrogens (primary N) is 1. The van der Waals surface area contributed by atoms with Gasteiger partial charge in [-0.1, -0.05) is 11.6 Å². The fraction of sp³-hybridized carbons (Fsp3) is 0.200. The Balaban J connectivity index is 2.15. The normalized spacial score (nSPS) is 17.0. The smallest absolute Gasteiger partial charge is 0.249 e. The van der Waals surface area contributed by atoms with Gasteiger partial charge in [0.15, 0.2) is 0 Å². The van der Waals surface area contributed by atoms with E-state index in [1.807, 2.05) is 0 Å². The second kappa shape index (κ2) is 4.87. The molecule has 0 fully saturated rings. The van der Waals surface area contributed by atoms with Crippen LogP contribution in [0.25, 0.3) is 0 Å². The molecule has 0 aliphatic heterocycles. The van der Waals surface area contributed by atoms with Crippen LogP contribution in [0.2, 0.25) is 5.02 Å². The van der Waals surface area contributed by atoms with Crippen molar-refractivity contribution in [1.82, 2.24) is 4.98 Å². The van der Waals surface area contributed by atoms with E-state index in [4.69, 9.17) is 17.3 Å². The van der Waals surface area contributed by atoms with E-state index in [1.165, 1.54) is 12.3 Å². The third-order valence-corrected chi connectivity index (χ3v) is 3.96. The number of pyridine rings is 1. The molecule has 3 rings (SSSR count). The van der Waals surface area contributed by atoms with Gasteiger partial charge in [0.1, 0.15) is 5.82 Å². The number of carbonyl (C=O) groups is 1. The Hall–Kier alpha value is -1.94. The summed E-state index contributed by atoms with van der Waals surface area (Å²) in [6, 6.07) is 4.67. The second-order valence-corrected chi connectivity index (χ2v) is 5.31. The standard InChI is InChI=1S/C15H12ClFN2O/c16-8-5-12-9(1-2-10(12)14(17)6-8)13-7-19-4-3-11(13)15(18)20/h3-7,9H,1-2H2,(H2,18,20)/t9-/m1/s1. The molecule has 5 heteroatoms. The van der Waals surface area contributed by atoms with Gasteiger partial charge in [-0.25, -0.2) is 4.39 Å². The van der Waals surface area contributed by atoms with Gasteiger partial charge >= 0.3 is 0 Å². The molecule has 0 bridgehead atoms. The van der Waals surface area contributed by atoms with E-state index in [-0.39, 0.29) is 11.7 Å². The molecule has 102 valence electrons. The van der Waals surface area contributed by atoms with Crippen molar-refractivity contribution in [1.29, 1.82) is 0 Å². The van der Waals surface area contributed by atoms with Crippen molar-refractivity contribution >= 4 is 17.5 Å². The SMILES string of the molecule is NC(=O)c1ccncc1[C@@H]1CCc2c(F)cc(Cl)cc21. The van der Waals surface area contributed by atoms with Crippen molar-refractivity contribution in [3.63, 3.8) is 0 Å². The molecular formula is C15H12ClFN2O. The molecule has 1 aliphatic carbocycles. The first-order valence-electron chi connectivity index (χ1n) is 6.29. The predicted octanol–water partition coefficient (Wildman–Crippen LogP) is 3.05. The Labute approximate surface area is 120 Å². The lowest BCUT2D eigenvalue weighted by Crippen LogP contribution is -2.15. The molecule has 2 N–H and O–H groups in total. The number of carbonyl (C=O) groups excluding carboxylic acids is 1. The molecule has 0 saturated carbocycles. The Bertz CT molecular complexity index is 702. The summed E-state index contributed by atoms with van der Waals surface area (Å²) >= 11 is 5.94. The van der Waals surface area contributed by atoms with Crippen molar-refractivity contribution in [2.45, 2.75) is 18.8 Å². The number of benzene rings is 1. The minimum absolute atomic E-state index is 0.0885. The lowest BCUT2D eigenvalue weighted by molar-refractivity contribution is 0.0999. The number of halogens is 2. The Kier molecular flexibility index (Phi) is 3.18. The van der Waals surface area contributed by atoms with Crippen molar-refractivity contribution in [2.24, 2.45) is 5.73 Å². The largest absolute Gasteiger partial charge is 0.366 e. The minimum atomic E-state index is -0.502. The van der Waals surface area contributed by atoms with E-state index < -0.39 is 5.91 Å². The van der Waals surface area contributed by atoms with Crippen molar-refractivity contribution in [3.8, 4) is 0 Å². The number of rotatable bonds is 2. The number of aromatic nitrogens is 1. The van der Waals surface area contributed by atoms with Crippen molar-refractivity contribution < 1.29 is 9.18 Å². The second-order valence-electron chi connectivity index (χ2n) is 4.87. The molecule has 3 nitrogen and oxygen atoms in total. The summed E-state index contributed by atoms with van der Waals surface area (Å²) in [5, 5.41) is 0.359. The highest BCUT2D eigenvalue weighted by atomic mass is 35.5. The van der Waals surface area contributed by atoms with Gasteiger partial charge in [0, 0.05) is 28.9 Å². The summed E-state index contributed by atoms with van der Waals surface area (Å²) in [6.07, 6.45) is 4.49. The van der Waals surface area contributed by atoms with Gasteiger partial charge in [-0.2, -0.15) is 0 Å².